The molecule has 2 aromatic rings. The molecule has 146 valence electrons. The van der Waals surface area contributed by atoms with Gasteiger partial charge in [-0.2, -0.15) is 18.2 Å². The number of alkyl halides is 3. The predicted molar refractivity (Wildman–Crippen MR) is 84.8 cm³/mol. The van der Waals surface area contributed by atoms with E-state index in [2.05, 4.69) is 20.8 Å². The Kier molecular flexibility index (Phi) is 5.40. The number of aliphatic carboxylic acids is 1. The molecule has 0 radical (unpaired) electrons. The third-order valence-corrected chi connectivity index (χ3v) is 3.41. The van der Waals surface area contributed by atoms with Crippen LogP contribution < -0.4 is 10.6 Å². The molecule has 1 aromatic heterocycles. The van der Waals surface area contributed by atoms with Crippen molar-refractivity contribution in [1.82, 2.24) is 15.5 Å². The van der Waals surface area contributed by atoms with E-state index in [0.717, 1.165) is 19.1 Å². The Hall–Kier alpha value is -3.15. The van der Waals surface area contributed by atoms with Crippen LogP contribution >= 0.6 is 0 Å². The number of benzene rings is 1. The summed E-state index contributed by atoms with van der Waals surface area (Å²) < 4.78 is 43.8. The second-order valence-corrected chi connectivity index (χ2v) is 5.79. The minimum absolute atomic E-state index is 0.0312. The average Bonchev–Trinajstić information content (AvgIpc) is 2.98. The van der Waals surface area contributed by atoms with E-state index in [1.54, 1.807) is 0 Å². The SMILES string of the molecule is Cc1noc(-c2ccc(C(F)(F)F)cc2NC(=O)NCC(C)(O)C(=O)O)n1. The average molecular weight is 388 g/mol. The molecule has 0 aliphatic heterocycles. The summed E-state index contributed by atoms with van der Waals surface area (Å²) in [5, 5.41) is 26.1. The van der Waals surface area contributed by atoms with Crippen molar-refractivity contribution in [3.05, 3.63) is 29.6 Å². The number of carboxylic acids is 1. The Morgan fingerprint density at radius 3 is 2.48 bits per heavy atom. The fraction of sp³-hybridized carbons (Fsp3) is 0.333. The number of urea groups is 1. The number of anilines is 1. The van der Waals surface area contributed by atoms with E-state index in [0.29, 0.717) is 6.07 Å². The highest BCUT2D eigenvalue weighted by Crippen LogP contribution is 2.35. The molecule has 0 aliphatic rings. The summed E-state index contributed by atoms with van der Waals surface area (Å²) in [7, 11) is 0. The predicted octanol–water partition coefficient (Wildman–Crippen LogP) is 2.02. The number of amides is 2. The number of nitrogens with zero attached hydrogens (tertiary/aromatic N) is 2. The quantitative estimate of drug-likeness (QED) is 0.615. The summed E-state index contributed by atoms with van der Waals surface area (Å²) >= 11 is 0. The van der Waals surface area contributed by atoms with Gasteiger partial charge in [-0.05, 0) is 32.0 Å². The maximum Gasteiger partial charge on any atom is 0.416 e. The minimum Gasteiger partial charge on any atom is -0.479 e. The van der Waals surface area contributed by atoms with Crippen molar-refractivity contribution in [1.29, 1.82) is 0 Å². The van der Waals surface area contributed by atoms with Crippen LogP contribution in [0.3, 0.4) is 0 Å². The van der Waals surface area contributed by atoms with E-state index in [-0.39, 0.29) is 23.0 Å². The molecule has 1 heterocycles. The maximum atomic E-state index is 13.0. The Balaban J connectivity index is 2.29. The molecular weight excluding hydrogens is 373 g/mol. The second-order valence-electron chi connectivity index (χ2n) is 5.79. The standard InChI is InChI=1S/C15H15F3N4O5/c1-7-20-11(27-22-7)9-4-3-8(15(16,17)18)5-10(9)21-13(25)19-6-14(2,26)12(23)24/h3-5,26H,6H2,1-2H3,(H,23,24)(H2,19,21,25). The number of nitrogens with one attached hydrogen (secondary N) is 2. The monoisotopic (exact) mass is 388 g/mol. The molecule has 0 spiro atoms. The van der Waals surface area contributed by atoms with Crippen LogP contribution in [0.25, 0.3) is 11.5 Å². The van der Waals surface area contributed by atoms with Crippen molar-refractivity contribution >= 4 is 17.7 Å². The van der Waals surface area contributed by atoms with Gasteiger partial charge in [0.1, 0.15) is 0 Å². The number of hydrogen-bond donors (Lipinski definition) is 4. The van der Waals surface area contributed by atoms with Crippen molar-refractivity contribution in [3.8, 4) is 11.5 Å². The molecular formula is C15H15F3N4O5. The lowest BCUT2D eigenvalue weighted by Crippen LogP contribution is -2.47. The molecule has 2 rings (SSSR count). The summed E-state index contributed by atoms with van der Waals surface area (Å²) in [6.07, 6.45) is -4.66. The molecule has 1 aromatic carbocycles. The molecule has 0 saturated carbocycles. The fourth-order valence-electron chi connectivity index (χ4n) is 1.91. The van der Waals surface area contributed by atoms with Gasteiger partial charge >= 0.3 is 18.2 Å². The van der Waals surface area contributed by atoms with Crippen LogP contribution in [-0.4, -0.2) is 44.5 Å². The molecule has 1 atom stereocenters. The Morgan fingerprint density at radius 2 is 1.96 bits per heavy atom. The summed E-state index contributed by atoms with van der Waals surface area (Å²) in [5.41, 5.74) is -3.54. The zero-order chi connectivity index (χ0) is 20.4. The number of halogens is 3. The highest BCUT2D eigenvalue weighted by atomic mass is 19.4. The van der Waals surface area contributed by atoms with Crippen LogP contribution in [0.15, 0.2) is 22.7 Å². The number of carbonyl (C=O) groups is 2. The van der Waals surface area contributed by atoms with Gasteiger partial charge < -0.3 is 25.4 Å². The maximum absolute atomic E-state index is 13.0. The van der Waals surface area contributed by atoms with Gasteiger partial charge in [-0.1, -0.05) is 5.16 Å². The number of aliphatic hydroxyl groups is 1. The van der Waals surface area contributed by atoms with Crippen LogP contribution in [0.2, 0.25) is 0 Å². The summed E-state index contributed by atoms with van der Waals surface area (Å²) in [4.78, 5) is 26.7. The lowest BCUT2D eigenvalue weighted by molar-refractivity contribution is -0.155. The lowest BCUT2D eigenvalue weighted by atomic mass is 10.1. The molecule has 0 fully saturated rings. The highest BCUT2D eigenvalue weighted by molar-refractivity contribution is 5.94. The van der Waals surface area contributed by atoms with Gasteiger partial charge in [0.2, 0.25) is 0 Å². The van der Waals surface area contributed by atoms with Crippen molar-refractivity contribution in [2.24, 2.45) is 0 Å². The molecule has 0 aliphatic carbocycles. The van der Waals surface area contributed by atoms with Crippen LogP contribution in [0, 0.1) is 6.92 Å². The first-order chi connectivity index (χ1) is 12.4. The van der Waals surface area contributed by atoms with E-state index in [1.807, 2.05) is 0 Å². The number of hydrogen-bond acceptors (Lipinski definition) is 6. The van der Waals surface area contributed by atoms with Crippen LogP contribution in [0.1, 0.15) is 18.3 Å². The molecule has 9 nitrogen and oxygen atoms in total. The third kappa shape index (κ3) is 4.94. The van der Waals surface area contributed by atoms with E-state index in [9.17, 15) is 27.9 Å². The van der Waals surface area contributed by atoms with Gasteiger partial charge in [0.25, 0.3) is 5.89 Å². The normalized spacial score (nSPS) is 13.7. The minimum atomic E-state index is -4.66. The van der Waals surface area contributed by atoms with Gasteiger partial charge in [-0.3, -0.25) is 0 Å². The van der Waals surface area contributed by atoms with E-state index in [4.69, 9.17) is 9.63 Å². The molecule has 12 heteroatoms. The van der Waals surface area contributed by atoms with Crippen molar-refractivity contribution in [2.75, 3.05) is 11.9 Å². The molecule has 27 heavy (non-hydrogen) atoms. The van der Waals surface area contributed by atoms with E-state index >= 15 is 0 Å². The Morgan fingerprint density at radius 1 is 1.30 bits per heavy atom. The number of aromatic nitrogens is 2. The third-order valence-electron chi connectivity index (χ3n) is 3.41. The zero-order valence-corrected chi connectivity index (χ0v) is 14.1. The van der Waals surface area contributed by atoms with Gasteiger partial charge in [0.05, 0.1) is 23.4 Å². The number of carbonyl (C=O) groups excluding carboxylic acids is 1. The Bertz CT molecular complexity index is 863. The largest absolute Gasteiger partial charge is 0.479 e. The molecule has 1 unspecified atom stereocenters. The molecule has 4 N–H and O–H groups in total. The first-order valence-electron chi connectivity index (χ1n) is 7.43. The van der Waals surface area contributed by atoms with Crippen molar-refractivity contribution in [3.63, 3.8) is 0 Å². The molecule has 0 bridgehead atoms. The molecule has 2 amide bonds. The van der Waals surface area contributed by atoms with Gasteiger partial charge in [-0.25, -0.2) is 9.59 Å². The Labute approximate surface area is 150 Å². The van der Waals surface area contributed by atoms with Crippen molar-refractivity contribution < 1.29 is 37.5 Å². The van der Waals surface area contributed by atoms with Gasteiger partial charge in [-0.15, -0.1) is 0 Å². The van der Waals surface area contributed by atoms with Crippen LogP contribution in [-0.2, 0) is 11.0 Å². The van der Waals surface area contributed by atoms with E-state index in [1.165, 1.54) is 6.92 Å². The number of rotatable bonds is 5. The molecule has 0 saturated heterocycles. The fourth-order valence-corrected chi connectivity index (χ4v) is 1.91. The summed E-state index contributed by atoms with van der Waals surface area (Å²) in [6.45, 7) is 1.78. The summed E-state index contributed by atoms with van der Waals surface area (Å²) in [6, 6.07) is 1.48. The number of carboxylic acid groups (broad SMARTS) is 1. The first-order valence-corrected chi connectivity index (χ1v) is 7.43. The topological polar surface area (TPSA) is 138 Å². The second kappa shape index (κ2) is 7.23. The number of aryl methyl sites for hydroxylation is 1. The van der Waals surface area contributed by atoms with Crippen molar-refractivity contribution in [2.45, 2.75) is 25.6 Å². The van der Waals surface area contributed by atoms with Gasteiger partial charge in [0.15, 0.2) is 11.4 Å². The first kappa shape index (κ1) is 20.2. The lowest BCUT2D eigenvalue weighted by Gasteiger charge is -2.19. The van der Waals surface area contributed by atoms with E-state index < -0.39 is 35.9 Å². The van der Waals surface area contributed by atoms with Gasteiger partial charge in [0, 0.05) is 0 Å². The highest BCUT2D eigenvalue weighted by Gasteiger charge is 2.32. The summed E-state index contributed by atoms with van der Waals surface area (Å²) in [5.74, 6) is -1.46. The smallest absolute Gasteiger partial charge is 0.416 e. The van der Waals surface area contributed by atoms with Crippen LogP contribution in [0.4, 0.5) is 23.7 Å². The zero-order valence-electron chi connectivity index (χ0n) is 14.1. The van der Waals surface area contributed by atoms with Crippen LogP contribution in [0.5, 0.6) is 0 Å².